The van der Waals surface area contributed by atoms with Crippen LogP contribution in [0.1, 0.15) is 11.4 Å². The molecule has 0 atom stereocenters. The van der Waals surface area contributed by atoms with Gasteiger partial charge in [-0.1, -0.05) is 23.4 Å². The zero-order chi connectivity index (χ0) is 14.8. The summed E-state index contributed by atoms with van der Waals surface area (Å²) in [7, 11) is 0. The lowest BCUT2D eigenvalue weighted by atomic mass is 10.1. The number of anilines is 1. The Morgan fingerprint density at radius 1 is 1.19 bits per heavy atom. The number of nitrogens with zero attached hydrogens (tertiary/aromatic N) is 2. The van der Waals surface area contributed by atoms with Crippen molar-refractivity contribution in [2.24, 2.45) is 0 Å². The quantitative estimate of drug-likeness (QED) is 0.571. The standard InChI is InChI=1S/C15H12FN3O2/c16-10-4-1-3-9(7-10)8-13-18-15(21-19-13)11-5-2-6-12(17)14(11)20/h1-7,20H,8,17H2. The normalized spacial score (nSPS) is 10.7. The predicted octanol–water partition coefficient (Wildman–Crippen LogP) is 2.75. The number of aromatic nitrogens is 2. The fourth-order valence-corrected chi connectivity index (χ4v) is 2.00. The van der Waals surface area contributed by atoms with E-state index in [1.165, 1.54) is 12.1 Å². The summed E-state index contributed by atoms with van der Waals surface area (Å²) in [5.74, 6) is 0.159. The number of phenolic OH excluding ortho intramolecular Hbond substituents is 1. The molecule has 0 aliphatic carbocycles. The summed E-state index contributed by atoms with van der Waals surface area (Å²) in [5, 5.41) is 13.7. The summed E-state index contributed by atoms with van der Waals surface area (Å²) in [6.07, 6.45) is 0.338. The number of hydrogen-bond donors (Lipinski definition) is 2. The van der Waals surface area contributed by atoms with Gasteiger partial charge in [0, 0.05) is 6.42 Å². The van der Waals surface area contributed by atoms with Crippen molar-refractivity contribution < 1.29 is 14.0 Å². The smallest absolute Gasteiger partial charge is 0.261 e. The molecule has 3 aromatic rings. The first-order valence-electron chi connectivity index (χ1n) is 6.28. The Morgan fingerprint density at radius 2 is 2.00 bits per heavy atom. The second-order valence-electron chi connectivity index (χ2n) is 4.57. The van der Waals surface area contributed by atoms with Crippen LogP contribution in [0.2, 0.25) is 0 Å². The van der Waals surface area contributed by atoms with Gasteiger partial charge in [0.05, 0.1) is 11.3 Å². The predicted molar refractivity (Wildman–Crippen MR) is 75.0 cm³/mol. The average Bonchev–Trinajstić information content (AvgIpc) is 2.90. The second kappa shape index (κ2) is 5.24. The van der Waals surface area contributed by atoms with Crippen LogP contribution in [0.4, 0.5) is 10.1 Å². The van der Waals surface area contributed by atoms with Crippen molar-refractivity contribution >= 4 is 5.69 Å². The van der Waals surface area contributed by atoms with E-state index in [-0.39, 0.29) is 23.1 Å². The van der Waals surface area contributed by atoms with Crippen LogP contribution in [0.3, 0.4) is 0 Å². The van der Waals surface area contributed by atoms with E-state index in [0.29, 0.717) is 17.8 Å². The van der Waals surface area contributed by atoms with Gasteiger partial charge in [0.1, 0.15) is 5.82 Å². The van der Waals surface area contributed by atoms with Crippen molar-refractivity contribution in [3.8, 4) is 17.2 Å². The molecule has 0 spiro atoms. The summed E-state index contributed by atoms with van der Waals surface area (Å²) >= 11 is 0. The Kier molecular flexibility index (Phi) is 3.27. The average molecular weight is 285 g/mol. The third-order valence-electron chi connectivity index (χ3n) is 3.02. The number of para-hydroxylation sites is 1. The van der Waals surface area contributed by atoms with Gasteiger partial charge in [-0.2, -0.15) is 4.98 Å². The molecule has 0 bridgehead atoms. The molecule has 0 aliphatic rings. The molecular weight excluding hydrogens is 273 g/mol. The van der Waals surface area contributed by atoms with Crippen LogP contribution in [0.25, 0.3) is 11.5 Å². The maximum absolute atomic E-state index is 13.1. The lowest BCUT2D eigenvalue weighted by Gasteiger charge is -2.01. The van der Waals surface area contributed by atoms with Crippen molar-refractivity contribution in [1.82, 2.24) is 10.1 Å². The molecule has 0 radical (unpaired) electrons. The molecular formula is C15H12FN3O2. The van der Waals surface area contributed by atoms with Crippen LogP contribution >= 0.6 is 0 Å². The van der Waals surface area contributed by atoms with Gasteiger partial charge in [-0.15, -0.1) is 0 Å². The summed E-state index contributed by atoms with van der Waals surface area (Å²) in [6, 6.07) is 11.1. The van der Waals surface area contributed by atoms with Gasteiger partial charge < -0.3 is 15.4 Å². The Morgan fingerprint density at radius 3 is 2.81 bits per heavy atom. The van der Waals surface area contributed by atoms with E-state index in [1.807, 2.05) is 0 Å². The molecule has 6 heteroatoms. The number of rotatable bonds is 3. The fraction of sp³-hybridized carbons (Fsp3) is 0.0667. The summed E-state index contributed by atoms with van der Waals surface area (Å²) < 4.78 is 18.2. The van der Waals surface area contributed by atoms with E-state index < -0.39 is 0 Å². The highest BCUT2D eigenvalue weighted by Crippen LogP contribution is 2.32. The molecule has 0 saturated heterocycles. The lowest BCUT2D eigenvalue weighted by Crippen LogP contribution is -1.92. The van der Waals surface area contributed by atoms with Crippen molar-refractivity contribution in [3.05, 3.63) is 59.7 Å². The van der Waals surface area contributed by atoms with E-state index in [0.717, 1.165) is 5.56 Å². The molecule has 0 unspecified atom stereocenters. The van der Waals surface area contributed by atoms with Crippen molar-refractivity contribution in [2.75, 3.05) is 5.73 Å². The van der Waals surface area contributed by atoms with Gasteiger partial charge in [-0.05, 0) is 29.8 Å². The number of benzene rings is 2. The molecule has 3 rings (SSSR count). The Balaban J connectivity index is 1.88. The third kappa shape index (κ3) is 2.69. The largest absolute Gasteiger partial charge is 0.505 e. The molecule has 2 aromatic carbocycles. The lowest BCUT2D eigenvalue weighted by molar-refractivity contribution is 0.419. The molecule has 1 aromatic heterocycles. The van der Waals surface area contributed by atoms with Crippen molar-refractivity contribution in [1.29, 1.82) is 0 Å². The number of halogens is 1. The molecule has 0 fully saturated rings. The molecule has 0 saturated carbocycles. The van der Waals surface area contributed by atoms with Gasteiger partial charge in [-0.3, -0.25) is 0 Å². The van der Waals surface area contributed by atoms with Gasteiger partial charge in [-0.25, -0.2) is 4.39 Å². The van der Waals surface area contributed by atoms with Crippen molar-refractivity contribution in [3.63, 3.8) is 0 Å². The Bertz CT molecular complexity index is 786. The van der Waals surface area contributed by atoms with E-state index >= 15 is 0 Å². The fourth-order valence-electron chi connectivity index (χ4n) is 2.00. The van der Waals surface area contributed by atoms with Crippen LogP contribution < -0.4 is 5.73 Å². The number of nitrogens with two attached hydrogens (primary N) is 1. The first kappa shape index (κ1) is 13.1. The van der Waals surface area contributed by atoms with Gasteiger partial charge in [0.15, 0.2) is 11.6 Å². The van der Waals surface area contributed by atoms with E-state index in [9.17, 15) is 9.50 Å². The highest BCUT2D eigenvalue weighted by atomic mass is 19.1. The van der Waals surface area contributed by atoms with Crippen LogP contribution in [-0.2, 0) is 6.42 Å². The van der Waals surface area contributed by atoms with E-state index in [4.69, 9.17) is 10.3 Å². The van der Waals surface area contributed by atoms with E-state index in [1.54, 1.807) is 30.3 Å². The minimum absolute atomic E-state index is 0.0987. The minimum atomic E-state index is -0.315. The third-order valence-corrected chi connectivity index (χ3v) is 3.02. The molecule has 5 nitrogen and oxygen atoms in total. The number of aromatic hydroxyl groups is 1. The topological polar surface area (TPSA) is 85.2 Å². The first-order valence-corrected chi connectivity index (χ1v) is 6.28. The number of phenols is 1. The highest BCUT2D eigenvalue weighted by Gasteiger charge is 2.14. The van der Waals surface area contributed by atoms with Crippen molar-refractivity contribution in [2.45, 2.75) is 6.42 Å². The van der Waals surface area contributed by atoms with Gasteiger partial charge >= 0.3 is 0 Å². The monoisotopic (exact) mass is 285 g/mol. The molecule has 21 heavy (non-hydrogen) atoms. The SMILES string of the molecule is Nc1cccc(-c2nc(Cc3cccc(F)c3)no2)c1O. The maximum atomic E-state index is 13.1. The number of hydrogen-bond acceptors (Lipinski definition) is 5. The zero-order valence-corrected chi connectivity index (χ0v) is 11.0. The van der Waals surface area contributed by atoms with Crippen LogP contribution in [0, 0.1) is 5.82 Å². The Hall–Kier alpha value is -2.89. The zero-order valence-electron chi connectivity index (χ0n) is 11.0. The van der Waals surface area contributed by atoms with Gasteiger partial charge in [0.2, 0.25) is 0 Å². The van der Waals surface area contributed by atoms with E-state index in [2.05, 4.69) is 10.1 Å². The summed E-state index contributed by atoms with van der Waals surface area (Å²) in [5.41, 5.74) is 6.96. The van der Waals surface area contributed by atoms with Crippen LogP contribution in [-0.4, -0.2) is 15.2 Å². The highest BCUT2D eigenvalue weighted by molar-refractivity contribution is 5.71. The molecule has 0 aliphatic heterocycles. The second-order valence-corrected chi connectivity index (χ2v) is 4.57. The molecule has 106 valence electrons. The summed E-state index contributed by atoms with van der Waals surface area (Å²) in [4.78, 5) is 4.19. The minimum Gasteiger partial charge on any atom is -0.505 e. The van der Waals surface area contributed by atoms with Crippen LogP contribution in [0.15, 0.2) is 47.0 Å². The molecule has 1 heterocycles. The molecule has 3 N–H and O–H groups in total. The molecule has 0 amide bonds. The number of nitrogen functional groups attached to an aromatic ring is 1. The van der Waals surface area contributed by atoms with Crippen LogP contribution in [0.5, 0.6) is 5.75 Å². The summed E-state index contributed by atoms with van der Waals surface area (Å²) in [6.45, 7) is 0. The van der Waals surface area contributed by atoms with Gasteiger partial charge in [0.25, 0.3) is 5.89 Å². The first-order chi connectivity index (χ1) is 10.1. The maximum Gasteiger partial charge on any atom is 0.261 e. The Labute approximate surface area is 119 Å².